The molecular weight excluding hydrogens is 148 g/mol. The summed E-state index contributed by atoms with van der Waals surface area (Å²) in [5.74, 6) is 1.66. The Labute approximate surface area is 72.6 Å². The summed E-state index contributed by atoms with van der Waals surface area (Å²) < 4.78 is 0. The zero-order valence-electron chi connectivity index (χ0n) is 7.14. The van der Waals surface area contributed by atoms with Gasteiger partial charge in [0, 0.05) is 18.6 Å². The Bertz CT molecular complexity index is 284. The number of fused-ring (bicyclic) bond motifs is 1. The average molecular weight is 160 g/mol. The predicted molar refractivity (Wildman–Crippen MR) is 50.5 cm³/mol. The van der Waals surface area contributed by atoms with E-state index in [1.54, 1.807) is 0 Å². The van der Waals surface area contributed by atoms with Crippen LogP contribution in [0.15, 0.2) is 41.4 Å². The van der Waals surface area contributed by atoms with E-state index in [0.717, 1.165) is 12.2 Å². The van der Waals surface area contributed by atoms with Crippen molar-refractivity contribution in [2.24, 2.45) is 10.9 Å². The topological polar surface area (TPSA) is 15.6 Å². The highest BCUT2D eigenvalue weighted by Gasteiger charge is 2.08. The minimum Gasteiger partial charge on any atom is -0.309 e. The first-order valence-corrected chi connectivity index (χ1v) is 4.24. The van der Waals surface area contributed by atoms with E-state index < -0.39 is 0 Å². The molecule has 12 heavy (non-hydrogen) atoms. The van der Waals surface area contributed by atoms with Crippen LogP contribution in [0.2, 0.25) is 0 Å². The van der Waals surface area contributed by atoms with E-state index in [1.165, 1.54) is 0 Å². The van der Waals surface area contributed by atoms with E-state index in [-0.39, 0.29) is 0 Å². The Morgan fingerprint density at radius 3 is 3.33 bits per heavy atom. The molecule has 2 heteroatoms. The Morgan fingerprint density at radius 1 is 1.50 bits per heavy atom. The Kier molecular flexibility index (Phi) is 1.82. The summed E-state index contributed by atoms with van der Waals surface area (Å²) in [5, 5.41) is 0. The van der Waals surface area contributed by atoms with Crippen LogP contribution in [0.1, 0.15) is 13.3 Å². The minimum absolute atomic E-state index is 0.617. The van der Waals surface area contributed by atoms with Crippen molar-refractivity contribution in [2.45, 2.75) is 13.3 Å². The summed E-state index contributed by atoms with van der Waals surface area (Å²) in [5.41, 5.74) is 0. The van der Waals surface area contributed by atoms with Crippen LogP contribution in [0.25, 0.3) is 0 Å². The van der Waals surface area contributed by atoms with Crippen molar-refractivity contribution in [2.75, 3.05) is 0 Å². The van der Waals surface area contributed by atoms with Gasteiger partial charge in [-0.25, -0.2) is 4.99 Å². The first-order valence-electron chi connectivity index (χ1n) is 4.24. The molecule has 2 rings (SSSR count). The van der Waals surface area contributed by atoms with Gasteiger partial charge < -0.3 is 4.90 Å². The smallest absolute Gasteiger partial charge is 0.132 e. The maximum absolute atomic E-state index is 4.27. The van der Waals surface area contributed by atoms with Crippen LogP contribution in [0.5, 0.6) is 0 Å². The van der Waals surface area contributed by atoms with Crippen molar-refractivity contribution in [1.29, 1.82) is 0 Å². The zero-order valence-corrected chi connectivity index (χ0v) is 7.14. The summed E-state index contributed by atoms with van der Waals surface area (Å²) in [6.45, 7) is 2.21. The summed E-state index contributed by atoms with van der Waals surface area (Å²) in [6.07, 6.45) is 13.3. The van der Waals surface area contributed by atoms with Crippen molar-refractivity contribution >= 4 is 6.21 Å². The van der Waals surface area contributed by atoms with Gasteiger partial charge in [-0.15, -0.1) is 0 Å². The molecule has 0 radical (unpaired) electrons. The van der Waals surface area contributed by atoms with Crippen molar-refractivity contribution in [3.05, 3.63) is 36.4 Å². The molecule has 1 unspecified atom stereocenters. The van der Waals surface area contributed by atoms with E-state index in [2.05, 4.69) is 30.3 Å². The molecule has 0 saturated heterocycles. The number of hydrogen-bond donors (Lipinski definition) is 0. The number of rotatable bonds is 0. The minimum atomic E-state index is 0.617. The second kappa shape index (κ2) is 2.97. The first kappa shape index (κ1) is 7.35. The molecule has 62 valence electrons. The monoisotopic (exact) mass is 160 g/mol. The Hall–Kier alpha value is -1.31. The van der Waals surface area contributed by atoms with Gasteiger partial charge >= 0.3 is 0 Å². The van der Waals surface area contributed by atoms with Gasteiger partial charge in [0.05, 0.1) is 0 Å². The molecule has 0 spiro atoms. The van der Waals surface area contributed by atoms with Crippen LogP contribution < -0.4 is 0 Å². The average Bonchev–Trinajstić information content (AvgIpc) is 2.29. The molecule has 0 aromatic heterocycles. The lowest BCUT2D eigenvalue weighted by Crippen LogP contribution is -2.09. The van der Waals surface area contributed by atoms with Crippen LogP contribution in [0.3, 0.4) is 0 Å². The third-order valence-electron chi connectivity index (χ3n) is 2.05. The fraction of sp³-hybridized carbons (Fsp3) is 0.300. The van der Waals surface area contributed by atoms with Gasteiger partial charge in [-0.05, 0) is 24.5 Å². The van der Waals surface area contributed by atoms with Gasteiger partial charge in [0.25, 0.3) is 0 Å². The van der Waals surface area contributed by atoms with E-state index >= 15 is 0 Å². The predicted octanol–water partition coefficient (Wildman–Crippen LogP) is 2.28. The van der Waals surface area contributed by atoms with E-state index in [4.69, 9.17) is 0 Å². The lowest BCUT2D eigenvalue weighted by Gasteiger charge is -2.16. The molecule has 2 aliphatic heterocycles. The molecule has 0 amide bonds. The highest BCUT2D eigenvalue weighted by molar-refractivity contribution is 5.73. The summed E-state index contributed by atoms with van der Waals surface area (Å²) in [7, 11) is 0. The van der Waals surface area contributed by atoms with Gasteiger partial charge in [0.2, 0.25) is 0 Å². The Balaban J connectivity index is 2.29. The summed E-state index contributed by atoms with van der Waals surface area (Å²) >= 11 is 0. The molecule has 1 atom stereocenters. The molecule has 2 heterocycles. The Morgan fingerprint density at radius 2 is 2.42 bits per heavy atom. The molecule has 2 nitrogen and oxygen atoms in total. The number of allylic oxidation sites excluding steroid dienone is 3. The maximum Gasteiger partial charge on any atom is 0.132 e. The van der Waals surface area contributed by atoms with Crippen LogP contribution in [0.4, 0.5) is 0 Å². The van der Waals surface area contributed by atoms with E-state index in [0.29, 0.717) is 5.92 Å². The second-order valence-electron chi connectivity index (χ2n) is 3.14. The SMILES string of the molecule is CC1C=CN2C=CC=NC2=CC1. The van der Waals surface area contributed by atoms with E-state index in [1.807, 2.05) is 23.4 Å². The molecule has 0 saturated carbocycles. The third kappa shape index (κ3) is 1.33. The normalized spacial score (nSPS) is 26.6. The van der Waals surface area contributed by atoms with Crippen LogP contribution in [-0.4, -0.2) is 11.1 Å². The second-order valence-corrected chi connectivity index (χ2v) is 3.14. The fourth-order valence-corrected chi connectivity index (χ4v) is 1.29. The van der Waals surface area contributed by atoms with Crippen molar-refractivity contribution < 1.29 is 0 Å². The standard InChI is InChI=1S/C10H12N2/c1-9-3-4-10-11-6-2-7-12(10)8-5-9/h2,4-9H,3H2,1H3. The molecule has 0 aliphatic carbocycles. The number of hydrogen-bond acceptors (Lipinski definition) is 2. The van der Waals surface area contributed by atoms with Gasteiger partial charge in [-0.1, -0.05) is 13.0 Å². The first-order chi connectivity index (χ1) is 5.86. The third-order valence-corrected chi connectivity index (χ3v) is 2.05. The van der Waals surface area contributed by atoms with Crippen LogP contribution in [0, 0.1) is 5.92 Å². The zero-order chi connectivity index (χ0) is 8.39. The van der Waals surface area contributed by atoms with Crippen molar-refractivity contribution in [1.82, 2.24) is 4.90 Å². The molecule has 0 N–H and O–H groups in total. The van der Waals surface area contributed by atoms with Crippen LogP contribution in [-0.2, 0) is 0 Å². The lowest BCUT2D eigenvalue weighted by atomic mass is 10.1. The van der Waals surface area contributed by atoms with Gasteiger partial charge in [-0.3, -0.25) is 0 Å². The number of aliphatic imine (C=N–C) groups is 1. The molecule has 0 bridgehead atoms. The fourth-order valence-electron chi connectivity index (χ4n) is 1.29. The van der Waals surface area contributed by atoms with Crippen LogP contribution >= 0.6 is 0 Å². The molecule has 0 fully saturated rings. The lowest BCUT2D eigenvalue weighted by molar-refractivity contribution is 0.617. The molecule has 0 aromatic carbocycles. The number of nitrogens with zero attached hydrogens (tertiary/aromatic N) is 2. The van der Waals surface area contributed by atoms with Gasteiger partial charge in [0.1, 0.15) is 5.82 Å². The van der Waals surface area contributed by atoms with Gasteiger partial charge in [-0.2, -0.15) is 0 Å². The van der Waals surface area contributed by atoms with Gasteiger partial charge in [0.15, 0.2) is 0 Å². The quantitative estimate of drug-likeness (QED) is 0.530. The molecule has 2 aliphatic rings. The molecular formula is C10H12N2. The molecule has 0 aromatic rings. The van der Waals surface area contributed by atoms with Crippen molar-refractivity contribution in [3.63, 3.8) is 0 Å². The van der Waals surface area contributed by atoms with E-state index in [9.17, 15) is 0 Å². The van der Waals surface area contributed by atoms with Crippen molar-refractivity contribution in [3.8, 4) is 0 Å². The summed E-state index contributed by atoms with van der Waals surface area (Å²) in [6, 6.07) is 0. The largest absolute Gasteiger partial charge is 0.309 e. The maximum atomic E-state index is 4.27. The summed E-state index contributed by atoms with van der Waals surface area (Å²) in [4.78, 5) is 6.32. The highest BCUT2D eigenvalue weighted by Crippen LogP contribution is 2.19. The highest BCUT2D eigenvalue weighted by atomic mass is 15.2.